The average molecular weight is 256 g/mol. The van der Waals surface area contributed by atoms with Crippen LogP contribution in [0.5, 0.6) is 0 Å². The molecule has 0 radical (unpaired) electrons. The number of rotatable bonds is 6. The second-order valence-corrected chi connectivity index (χ2v) is 4.38. The highest BCUT2D eigenvalue weighted by Gasteiger charge is 2.06. The van der Waals surface area contributed by atoms with Crippen LogP contribution >= 0.6 is 0 Å². The molecule has 0 bridgehead atoms. The molecule has 5 heteroatoms. The molecule has 1 rings (SSSR count). The third-order valence-corrected chi connectivity index (χ3v) is 2.35. The second-order valence-electron chi connectivity index (χ2n) is 4.38. The van der Waals surface area contributed by atoms with Crippen LogP contribution in [0.1, 0.15) is 19.4 Å². The van der Waals surface area contributed by atoms with Crippen LogP contribution in [0.2, 0.25) is 0 Å². The van der Waals surface area contributed by atoms with E-state index in [4.69, 9.17) is 0 Å². The van der Waals surface area contributed by atoms with E-state index >= 15 is 0 Å². The number of amides is 1. The maximum atomic E-state index is 12.9. The van der Waals surface area contributed by atoms with Crippen molar-refractivity contribution in [3.8, 4) is 0 Å². The van der Waals surface area contributed by atoms with Gasteiger partial charge in [-0.1, -0.05) is 19.9 Å². The molecule has 100 valence electrons. The number of hydrogen-bond acceptors (Lipinski definition) is 2. The van der Waals surface area contributed by atoms with Gasteiger partial charge in [0, 0.05) is 19.1 Å². The van der Waals surface area contributed by atoms with Gasteiger partial charge in [0.15, 0.2) is 11.6 Å². The summed E-state index contributed by atoms with van der Waals surface area (Å²) in [4.78, 5) is 11.5. The predicted octanol–water partition coefficient (Wildman–Crippen LogP) is 1.62. The number of hydrogen-bond donors (Lipinski definition) is 2. The molecule has 0 saturated carbocycles. The van der Waals surface area contributed by atoms with E-state index in [2.05, 4.69) is 10.6 Å². The number of carbonyl (C=O) groups is 1. The van der Waals surface area contributed by atoms with Gasteiger partial charge in [-0.3, -0.25) is 4.79 Å². The van der Waals surface area contributed by atoms with Crippen LogP contribution in [0.3, 0.4) is 0 Å². The van der Waals surface area contributed by atoms with Crippen molar-refractivity contribution in [1.82, 2.24) is 10.6 Å². The highest BCUT2D eigenvalue weighted by atomic mass is 19.2. The maximum absolute atomic E-state index is 12.9. The zero-order valence-electron chi connectivity index (χ0n) is 10.6. The fraction of sp³-hybridized carbons (Fsp3) is 0.462. The average Bonchev–Trinajstić information content (AvgIpc) is 2.29. The molecule has 1 aromatic carbocycles. The lowest BCUT2D eigenvalue weighted by molar-refractivity contribution is -0.120. The molecule has 0 aliphatic carbocycles. The Kier molecular flexibility index (Phi) is 5.71. The van der Waals surface area contributed by atoms with Gasteiger partial charge >= 0.3 is 0 Å². The number of nitrogens with one attached hydrogen (secondary N) is 2. The van der Waals surface area contributed by atoms with Gasteiger partial charge < -0.3 is 10.6 Å². The molecule has 0 aliphatic heterocycles. The van der Waals surface area contributed by atoms with Crippen molar-refractivity contribution in [2.75, 3.05) is 13.1 Å². The van der Waals surface area contributed by atoms with Crippen molar-refractivity contribution in [2.24, 2.45) is 0 Å². The van der Waals surface area contributed by atoms with Crippen LogP contribution < -0.4 is 10.6 Å². The lowest BCUT2D eigenvalue weighted by Crippen LogP contribution is -2.35. The smallest absolute Gasteiger partial charge is 0.224 e. The van der Waals surface area contributed by atoms with E-state index in [0.717, 1.165) is 12.1 Å². The normalized spacial score (nSPS) is 10.7. The third-order valence-electron chi connectivity index (χ3n) is 2.35. The molecule has 18 heavy (non-hydrogen) atoms. The van der Waals surface area contributed by atoms with Gasteiger partial charge in [-0.25, -0.2) is 8.78 Å². The number of benzene rings is 1. The fourth-order valence-corrected chi connectivity index (χ4v) is 1.46. The zero-order chi connectivity index (χ0) is 13.5. The van der Waals surface area contributed by atoms with Crippen LogP contribution in [-0.4, -0.2) is 25.0 Å². The summed E-state index contributed by atoms with van der Waals surface area (Å²) < 4.78 is 25.6. The molecule has 3 nitrogen and oxygen atoms in total. The van der Waals surface area contributed by atoms with Gasteiger partial charge in [0.25, 0.3) is 0 Å². The number of halogens is 2. The largest absolute Gasteiger partial charge is 0.355 e. The Labute approximate surface area is 106 Å². The van der Waals surface area contributed by atoms with Crippen LogP contribution in [0, 0.1) is 11.6 Å². The molecule has 0 atom stereocenters. The highest BCUT2D eigenvalue weighted by molar-refractivity contribution is 5.78. The van der Waals surface area contributed by atoms with Gasteiger partial charge in [0.1, 0.15) is 0 Å². The molecular weight excluding hydrogens is 238 g/mol. The lowest BCUT2D eigenvalue weighted by atomic mass is 10.1. The summed E-state index contributed by atoms with van der Waals surface area (Å²) in [6.07, 6.45) is 0.0544. The minimum Gasteiger partial charge on any atom is -0.355 e. The summed E-state index contributed by atoms with van der Waals surface area (Å²) in [6, 6.07) is 3.84. The summed E-state index contributed by atoms with van der Waals surface area (Å²) in [7, 11) is 0. The fourth-order valence-electron chi connectivity index (χ4n) is 1.46. The summed E-state index contributed by atoms with van der Waals surface area (Å²) in [5.41, 5.74) is 0.461. The van der Waals surface area contributed by atoms with Crippen molar-refractivity contribution in [1.29, 1.82) is 0 Å². The Morgan fingerprint density at radius 2 is 1.94 bits per heavy atom. The van der Waals surface area contributed by atoms with Gasteiger partial charge in [-0.15, -0.1) is 0 Å². The minimum absolute atomic E-state index is 0.0544. The van der Waals surface area contributed by atoms with Crippen molar-refractivity contribution in [3.63, 3.8) is 0 Å². The van der Waals surface area contributed by atoms with Crippen molar-refractivity contribution in [3.05, 3.63) is 35.4 Å². The Bertz CT molecular complexity index is 408. The third kappa shape index (κ3) is 5.23. The van der Waals surface area contributed by atoms with E-state index in [1.807, 2.05) is 13.8 Å². The molecule has 0 aromatic heterocycles. The first-order valence-electron chi connectivity index (χ1n) is 5.93. The summed E-state index contributed by atoms with van der Waals surface area (Å²) >= 11 is 0. The van der Waals surface area contributed by atoms with Gasteiger partial charge in [0.05, 0.1) is 6.42 Å². The monoisotopic (exact) mass is 256 g/mol. The Hall–Kier alpha value is -1.49. The standard InChI is InChI=1S/C13H18F2N2O/c1-9(2)16-5-6-17-13(18)8-10-3-4-11(14)12(15)7-10/h3-4,7,9,16H,5-6,8H2,1-2H3,(H,17,18). The Morgan fingerprint density at radius 3 is 2.56 bits per heavy atom. The van der Waals surface area contributed by atoms with Crippen molar-refractivity contribution < 1.29 is 13.6 Å². The van der Waals surface area contributed by atoms with Gasteiger partial charge in [-0.2, -0.15) is 0 Å². The first-order chi connectivity index (χ1) is 8.49. The van der Waals surface area contributed by atoms with E-state index in [0.29, 0.717) is 24.7 Å². The Morgan fingerprint density at radius 1 is 1.22 bits per heavy atom. The van der Waals surface area contributed by atoms with E-state index in [1.165, 1.54) is 6.07 Å². The summed E-state index contributed by atoms with van der Waals surface area (Å²) in [5, 5.41) is 5.86. The molecule has 1 aromatic rings. The van der Waals surface area contributed by atoms with E-state index in [-0.39, 0.29) is 12.3 Å². The van der Waals surface area contributed by atoms with Crippen molar-refractivity contribution in [2.45, 2.75) is 26.3 Å². The summed E-state index contributed by atoms with van der Waals surface area (Å²) in [6.45, 7) is 5.23. The van der Waals surface area contributed by atoms with Gasteiger partial charge in [0.2, 0.25) is 5.91 Å². The second kappa shape index (κ2) is 7.06. The SMILES string of the molecule is CC(C)NCCNC(=O)Cc1ccc(F)c(F)c1. The first kappa shape index (κ1) is 14.6. The lowest BCUT2D eigenvalue weighted by Gasteiger charge is -2.09. The minimum atomic E-state index is -0.929. The number of carbonyl (C=O) groups excluding carboxylic acids is 1. The molecule has 2 N–H and O–H groups in total. The first-order valence-corrected chi connectivity index (χ1v) is 5.93. The van der Waals surface area contributed by atoms with Crippen molar-refractivity contribution >= 4 is 5.91 Å². The zero-order valence-corrected chi connectivity index (χ0v) is 10.6. The topological polar surface area (TPSA) is 41.1 Å². The quantitative estimate of drug-likeness (QED) is 0.759. The molecular formula is C13H18F2N2O. The van der Waals surface area contributed by atoms with Crippen LogP contribution in [-0.2, 0) is 11.2 Å². The molecule has 0 heterocycles. The van der Waals surface area contributed by atoms with Crippen LogP contribution in [0.15, 0.2) is 18.2 Å². The molecule has 0 aliphatic rings. The molecule has 0 fully saturated rings. The summed E-state index contributed by atoms with van der Waals surface area (Å²) in [5.74, 6) is -2.03. The maximum Gasteiger partial charge on any atom is 0.224 e. The molecule has 0 saturated heterocycles. The van der Waals surface area contributed by atoms with Crippen LogP contribution in [0.25, 0.3) is 0 Å². The van der Waals surface area contributed by atoms with E-state index < -0.39 is 11.6 Å². The Balaban J connectivity index is 2.33. The molecule has 0 unspecified atom stereocenters. The molecule has 0 spiro atoms. The van der Waals surface area contributed by atoms with E-state index in [1.54, 1.807) is 0 Å². The molecule has 1 amide bonds. The highest BCUT2D eigenvalue weighted by Crippen LogP contribution is 2.08. The predicted molar refractivity (Wildman–Crippen MR) is 66.2 cm³/mol. The van der Waals surface area contributed by atoms with E-state index in [9.17, 15) is 13.6 Å². The van der Waals surface area contributed by atoms with Crippen LogP contribution in [0.4, 0.5) is 8.78 Å². The van der Waals surface area contributed by atoms with Gasteiger partial charge in [-0.05, 0) is 17.7 Å².